The first-order valence-corrected chi connectivity index (χ1v) is 10.6. The monoisotopic (exact) mass is 388 g/mol. The summed E-state index contributed by atoms with van der Waals surface area (Å²) in [5.41, 5.74) is 1.63. The van der Waals surface area contributed by atoms with Crippen LogP contribution in [-0.4, -0.2) is 46.1 Å². The van der Waals surface area contributed by atoms with Crippen LogP contribution in [0.2, 0.25) is 0 Å². The van der Waals surface area contributed by atoms with Crippen LogP contribution in [0.5, 0.6) is 0 Å². The SMILES string of the molecule is CCn1nc(C(C)C)cc1C(=O)N1CCC[C@@H](CNC(=O)c2cccs2)C1. The predicted octanol–water partition coefficient (Wildman–Crippen LogP) is 3.37. The summed E-state index contributed by atoms with van der Waals surface area (Å²) in [6.07, 6.45) is 1.99. The number of amides is 2. The van der Waals surface area contributed by atoms with Gasteiger partial charge in [-0.2, -0.15) is 5.10 Å². The minimum atomic E-state index is -0.0286. The van der Waals surface area contributed by atoms with Crippen molar-refractivity contribution in [1.29, 1.82) is 0 Å². The Labute approximate surface area is 164 Å². The van der Waals surface area contributed by atoms with Gasteiger partial charge >= 0.3 is 0 Å². The van der Waals surface area contributed by atoms with Gasteiger partial charge in [-0.25, -0.2) is 0 Å². The lowest BCUT2D eigenvalue weighted by Crippen LogP contribution is -2.44. The fourth-order valence-electron chi connectivity index (χ4n) is 3.44. The Morgan fingerprint density at radius 1 is 1.41 bits per heavy atom. The maximum atomic E-state index is 13.1. The summed E-state index contributed by atoms with van der Waals surface area (Å²) in [5.74, 6) is 0.602. The van der Waals surface area contributed by atoms with Gasteiger partial charge in [0.2, 0.25) is 0 Å². The van der Waals surface area contributed by atoms with E-state index in [1.165, 1.54) is 11.3 Å². The quantitative estimate of drug-likeness (QED) is 0.825. The Hall–Kier alpha value is -2.15. The molecule has 2 aromatic rings. The number of aryl methyl sites for hydroxylation is 1. The molecule has 7 heteroatoms. The largest absolute Gasteiger partial charge is 0.351 e. The van der Waals surface area contributed by atoms with Gasteiger partial charge in [0.05, 0.1) is 10.6 Å². The maximum Gasteiger partial charge on any atom is 0.272 e. The molecule has 0 radical (unpaired) electrons. The number of nitrogens with zero attached hydrogens (tertiary/aromatic N) is 3. The number of carbonyl (C=O) groups is 2. The first kappa shape index (κ1) is 19.6. The Bertz CT molecular complexity index is 782. The van der Waals surface area contributed by atoms with Gasteiger partial charge in [0, 0.05) is 26.2 Å². The van der Waals surface area contributed by atoms with E-state index in [4.69, 9.17) is 0 Å². The molecule has 27 heavy (non-hydrogen) atoms. The van der Waals surface area contributed by atoms with Crippen molar-refractivity contribution < 1.29 is 9.59 Å². The topological polar surface area (TPSA) is 67.2 Å². The van der Waals surface area contributed by atoms with Crippen LogP contribution >= 0.6 is 11.3 Å². The molecule has 0 saturated carbocycles. The van der Waals surface area contributed by atoms with Crippen LogP contribution in [-0.2, 0) is 6.54 Å². The molecule has 1 saturated heterocycles. The second kappa shape index (κ2) is 8.69. The normalized spacial score (nSPS) is 17.3. The second-order valence-electron chi connectivity index (χ2n) is 7.37. The van der Waals surface area contributed by atoms with E-state index >= 15 is 0 Å². The van der Waals surface area contributed by atoms with Crippen molar-refractivity contribution >= 4 is 23.2 Å². The molecule has 0 spiro atoms. The van der Waals surface area contributed by atoms with Crippen LogP contribution in [0.3, 0.4) is 0 Å². The second-order valence-corrected chi connectivity index (χ2v) is 8.32. The number of rotatable bonds is 6. The molecule has 0 bridgehead atoms. The van der Waals surface area contributed by atoms with Crippen LogP contribution in [0, 0.1) is 5.92 Å². The van der Waals surface area contributed by atoms with Crippen LogP contribution in [0.25, 0.3) is 0 Å². The molecule has 3 rings (SSSR count). The molecule has 3 heterocycles. The lowest BCUT2D eigenvalue weighted by molar-refractivity contribution is 0.0658. The zero-order chi connectivity index (χ0) is 19.4. The van der Waals surface area contributed by atoms with E-state index in [2.05, 4.69) is 24.3 Å². The van der Waals surface area contributed by atoms with Gasteiger partial charge in [-0.3, -0.25) is 14.3 Å². The predicted molar refractivity (Wildman–Crippen MR) is 107 cm³/mol. The molecule has 0 aliphatic carbocycles. The molecule has 6 nitrogen and oxygen atoms in total. The molecule has 1 aliphatic heterocycles. The van der Waals surface area contributed by atoms with E-state index in [-0.39, 0.29) is 17.7 Å². The molecule has 0 aromatic carbocycles. The van der Waals surface area contributed by atoms with Crippen molar-refractivity contribution in [3.05, 3.63) is 39.8 Å². The molecular weight excluding hydrogens is 360 g/mol. The molecule has 2 amide bonds. The molecule has 146 valence electrons. The van der Waals surface area contributed by atoms with E-state index < -0.39 is 0 Å². The summed E-state index contributed by atoms with van der Waals surface area (Å²) in [4.78, 5) is 27.9. The van der Waals surface area contributed by atoms with Gasteiger partial charge < -0.3 is 10.2 Å². The summed E-state index contributed by atoms with van der Waals surface area (Å²) < 4.78 is 1.81. The number of nitrogens with one attached hydrogen (secondary N) is 1. The van der Waals surface area contributed by atoms with Crippen molar-refractivity contribution in [1.82, 2.24) is 20.0 Å². The van der Waals surface area contributed by atoms with Crippen LogP contribution in [0.15, 0.2) is 23.6 Å². The molecule has 2 aromatic heterocycles. The zero-order valence-corrected chi connectivity index (χ0v) is 17.1. The summed E-state index contributed by atoms with van der Waals surface area (Å²) >= 11 is 1.44. The lowest BCUT2D eigenvalue weighted by Gasteiger charge is -2.32. The van der Waals surface area contributed by atoms with Crippen molar-refractivity contribution in [2.45, 2.75) is 46.1 Å². The highest BCUT2D eigenvalue weighted by Gasteiger charge is 2.27. The summed E-state index contributed by atoms with van der Waals surface area (Å²) in [7, 11) is 0. The first-order chi connectivity index (χ1) is 13.0. The maximum absolute atomic E-state index is 13.1. The van der Waals surface area contributed by atoms with Crippen LogP contribution in [0.4, 0.5) is 0 Å². The Balaban J connectivity index is 1.62. The molecule has 1 atom stereocenters. The van der Waals surface area contributed by atoms with Crippen molar-refractivity contribution in [2.24, 2.45) is 5.92 Å². The van der Waals surface area contributed by atoms with Crippen LogP contribution < -0.4 is 5.32 Å². The number of carbonyl (C=O) groups excluding carboxylic acids is 2. The molecule has 1 aliphatic rings. The van der Waals surface area contributed by atoms with Gasteiger partial charge in [0.25, 0.3) is 11.8 Å². The number of piperidine rings is 1. The number of thiophene rings is 1. The van der Waals surface area contributed by atoms with Gasteiger partial charge in [0.1, 0.15) is 5.69 Å². The van der Waals surface area contributed by atoms with E-state index in [9.17, 15) is 9.59 Å². The van der Waals surface area contributed by atoms with Crippen LogP contribution in [0.1, 0.15) is 65.4 Å². The molecule has 0 unspecified atom stereocenters. The smallest absolute Gasteiger partial charge is 0.272 e. The van der Waals surface area contributed by atoms with Crippen molar-refractivity contribution in [2.75, 3.05) is 19.6 Å². The third kappa shape index (κ3) is 4.58. The van der Waals surface area contributed by atoms with E-state index in [0.717, 1.165) is 30.0 Å². The number of hydrogen-bond donors (Lipinski definition) is 1. The average molecular weight is 389 g/mol. The summed E-state index contributed by atoms with van der Waals surface area (Å²) in [5, 5.41) is 9.48. The summed E-state index contributed by atoms with van der Waals surface area (Å²) in [6, 6.07) is 5.64. The van der Waals surface area contributed by atoms with Gasteiger partial charge in [-0.05, 0) is 49.1 Å². The fourth-order valence-corrected chi connectivity index (χ4v) is 4.08. The number of likely N-dealkylation sites (tertiary alicyclic amines) is 1. The standard InChI is InChI=1S/C20H28N4O2S/c1-4-24-17(11-16(22-24)14(2)3)20(26)23-9-5-7-15(13-23)12-21-19(25)18-8-6-10-27-18/h6,8,10-11,14-15H,4-5,7,9,12-13H2,1-3H3,(H,21,25)/t15-/m0/s1. The minimum absolute atomic E-state index is 0.0286. The van der Waals surface area contributed by atoms with Gasteiger partial charge in [0.15, 0.2) is 0 Å². The van der Waals surface area contributed by atoms with E-state index in [1.54, 1.807) is 4.68 Å². The average Bonchev–Trinajstić information content (AvgIpc) is 3.35. The van der Waals surface area contributed by atoms with Crippen molar-refractivity contribution in [3.63, 3.8) is 0 Å². The third-order valence-electron chi connectivity index (χ3n) is 5.01. The minimum Gasteiger partial charge on any atom is -0.351 e. The highest BCUT2D eigenvalue weighted by molar-refractivity contribution is 7.12. The third-order valence-corrected chi connectivity index (χ3v) is 5.88. The van der Waals surface area contributed by atoms with Crippen molar-refractivity contribution in [3.8, 4) is 0 Å². The highest BCUT2D eigenvalue weighted by atomic mass is 32.1. The van der Waals surface area contributed by atoms with E-state index in [1.807, 2.05) is 35.4 Å². The van der Waals surface area contributed by atoms with Gasteiger partial charge in [-0.15, -0.1) is 11.3 Å². The first-order valence-electron chi connectivity index (χ1n) is 9.68. The zero-order valence-electron chi connectivity index (χ0n) is 16.3. The lowest BCUT2D eigenvalue weighted by atomic mass is 9.97. The van der Waals surface area contributed by atoms with Gasteiger partial charge in [-0.1, -0.05) is 19.9 Å². The molecular formula is C20H28N4O2S. The Morgan fingerprint density at radius 3 is 2.89 bits per heavy atom. The molecule has 1 N–H and O–H groups in total. The number of hydrogen-bond acceptors (Lipinski definition) is 4. The summed E-state index contributed by atoms with van der Waals surface area (Å²) in [6.45, 7) is 8.91. The fraction of sp³-hybridized carbons (Fsp3) is 0.550. The highest BCUT2D eigenvalue weighted by Crippen LogP contribution is 2.21. The van der Waals surface area contributed by atoms with E-state index in [0.29, 0.717) is 31.2 Å². The Morgan fingerprint density at radius 2 is 2.22 bits per heavy atom. The molecule has 1 fully saturated rings. The Kier molecular flexibility index (Phi) is 6.31. The number of aromatic nitrogens is 2.